The van der Waals surface area contributed by atoms with Crippen molar-refractivity contribution in [2.45, 2.75) is 31.0 Å². The molecule has 0 bridgehead atoms. The molecule has 2 N–H and O–H groups in total. The maximum Gasteiger partial charge on any atom is 0.252 e. The fraction of sp³-hybridized carbons (Fsp3) is 0.235. The van der Waals surface area contributed by atoms with Gasteiger partial charge in [0, 0.05) is 63.3 Å². The van der Waals surface area contributed by atoms with Crippen molar-refractivity contribution in [2.75, 3.05) is 20.3 Å². The van der Waals surface area contributed by atoms with Crippen molar-refractivity contribution >= 4 is 40.7 Å². The van der Waals surface area contributed by atoms with Crippen LogP contribution in [0.3, 0.4) is 0 Å². The molecule has 0 radical (unpaired) electrons. The fourth-order valence-corrected chi connectivity index (χ4v) is 5.75. The van der Waals surface area contributed by atoms with Gasteiger partial charge in [-0.25, -0.2) is 4.99 Å². The Balaban J connectivity index is 1.63. The Labute approximate surface area is 276 Å². The van der Waals surface area contributed by atoms with E-state index in [1.807, 2.05) is 24.3 Å². The number of halogens is 2. The second kappa shape index (κ2) is 15.0. The molecule has 0 saturated heterocycles. The molecule has 12 heteroatoms. The zero-order valence-electron chi connectivity index (χ0n) is 24.9. The van der Waals surface area contributed by atoms with Gasteiger partial charge in [0.15, 0.2) is 11.6 Å². The number of carbonyl (C=O) groups excluding carboxylic acids is 1. The van der Waals surface area contributed by atoms with Crippen molar-refractivity contribution in [1.29, 1.82) is 0 Å². The minimum absolute atomic E-state index is 0.00935. The number of amides is 1. The van der Waals surface area contributed by atoms with Gasteiger partial charge in [0.2, 0.25) is 5.90 Å². The van der Waals surface area contributed by atoms with E-state index >= 15 is 0 Å². The van der Waals surface area contributed by atoms with Gasteiger partial charge in [-0.2, -0.15) is 0 Å². The number of carbonyl (C=O) groups is 1. The van der Waals surface area contributed by atoms with Gasteiger partial charge in [-0.3, -0.25) is 4.79 Å². The lowest BCUT2D eigenvalue weighted by Gasteiger charge is -2.31. The van der Waals surface area contributed by atoms with Crippen LogP contribution in [0.15, 0.2) is 101 Å². The first-order chi connectivity index (χ1) is 22.4. The van der Waals surface area contributed by atoms with Crippen LogP contribution >= 0.6 is 23.2 Å². The minimum atomic E-state index is -1.60. The lowest BCUT2D eigenvalue weighted by atomic mass is 9.81. The molecule has 1 heterocycles. The molecule has 0 unspecified atom stereocenters. The number of aliphatic imine (C=N–C) groups is 1. The summed E-state index contributed by atoms with van der Waals surface area (Å²) in [7, 11) is 1.57. The number of aliphatic hydroxyl groups is 1. The fourth-order valence-electron chi connectivity index (χ4n) is 5.25. The topological polar surface area (TPSA) is 138 Å². The summed E-state index contributed by atoms with van der Waals surface area (Å²) < 4.78 is 17.7. The highest BCUT2D eigenvalue weighted by atomic mass is 35.5. The van der Waals surface area contributed by atoms with E-state index in [9.17, 15) is 10.3 Å². The van der Waals surface area contributed by atoms with Gasteiger partial charge < -0.3 is 24.6 Å². The normalized spacial score (nSPS) is 17.0. The quantitative estimate of drug-likeness (QED) is 0.0661. The molecule has 1 aliphatic rings. The molecule has 0 aromatic heterocycles. The van der Waals surface area contributed by atoms with E-state index in [1.165, 1.54) is 0 Å². The molecule has 1 aliphatic heterocycles. The molecule has 0 fully saturated rings. The minimum Gasteiger partial charge on any atom is -0.496 e. The van der Waals surface area contributed by atoms with E-state index in [0.29, 0.717) is 56.9 Å². The molecule has 0 spiro atoms. The third kappa shape index (κ3) is 7.22. The average Bonchev–Trinajstić information content (AvgIpc) is 3.45. The highest BCUT2D eigenvalue weighted by Gasteiger charge is 2.54. The second-order valence-corrected chi connectivity index (χ2v) is 11.3. The van der Waals surface area contributed by atoms with Crippen molar-refractivity contribution in [3.05, 3.63) is 134 Å². The van der Waals surface area contributed by atoms with Gasteiger partial charge in [-0.05, 0) is 53.6 Å². The highest BCUT2D eigenvalue weighted by Crippen LogP contribution is 2.46. The number of nitrogens with one attached hydrogen (secondary N) is 1. The summed E-state index contributed by atoms with van der Waals surface area (Å²) in [5.41, 5.74) is 10.5. The number of hydrogen-bond donors (Lipinski definition) is 2. The molecule has 4 aromatic rings. The van der Waals surface area contributed by atoms with Crippen LogP contribution in [0.4, 0.5) is 5.69 Å². The van der Waals surface area contributed by atoms with Crippen LogP contribution in [0.2, 0.25) is 10.0 Å². The largest absolute Gasteiger partial charge is 0.496 e. The van der Waals surface area contributed by atoms with Gasteiger partial charge >= 0.3 is 0 Å². The third-order valence-electron chi connectivity index (χ3n) is 7.51. The Bertz CT molecular complexity index is 1780. The SMILES string of the molecule is COc1ccccc1CNC(=O)[C@]1(Cc2ccccc2N=[N+]=[N-])N=C(c2ccc(OCCCO)cc2)O[C@@H]1c1ccc(Cl)cc1Cl. The summed E-state index contributed by atoms with van der Waals surface area (Å²) in [5.74, 6) is 1.00. The van der Waals surface area contributed by atoms with Crippen molar-refractivity contribution in [2.24, 2.45) is 10.1 Å². The van der Waals surface area contributed by atoms with Gasteiger partial charge in [0.05, 0.1) is 13.7 Å². The number of methoxy groups -OCH3 is 1. The molecule has 5 rings (SSSR count). The summed E-state index contributed by atoms with van der Waals surface area (Å²) in [6.07, 6.45) is -0.482. The first-order valence-electron chi connectivity index (χ1n) is 14.5. The van der Waals surface area contributed by atoms with Crippen LogP contribution in [0.5, 0.6) is 11.5 Å². The van der Waals surface area contributed by atoms with E-state index in [2.05, 4.69) is 15.3 Å². The number of hydrogen-bond acceptors (Lipinski definition) is 7. The van der Waals surface area contributed by atoms with Crippen LogP contribution < -0.4 is 14.8 Å². The lowest BCUT2D eigenvalue weighted by Crippen LogP contribution is -2.49. The van der Waals surface area contributed by atoms with Crippen LogP contribution in [0.1, 0.15) is 34.8 Å². The van der Waals surface area contributed by atoms with E-state index < -0.39 is 17.6 Å². The lowest BCUT2D eigenvalue weighted by molar-refractivity contribution is -0.129. The van der Waals surface area contributed by atoms with Crippen LogP contribution in [0, 0.1) is 0 Å². The summed E-state index contributed by atoms with van der Waals surface area (Å²) in [6, 6.07) is 26.5. The maximum absolute atomic E-state index is 14.6. The number of rotatable bonds is 13. The molecular formula is C34H31Cl2N5O5. The summed E-state index contributed by atoms with van der Waals surface area (Å²) in [6.45, 7) is 0.542. The smallest absolute Gasteiger partial charge is 0.252 e. The second-order valence-electron chi connectivity index (χ2n) is 10.4. The molecule has 1 amide bonds. The molecule has 46 heavy (non-hydrogen) atoms. The Hall–Kier alpha value is -4.73. The number of para-hydroxylation sites is 1. The Morgan fingerprint density at radius 3 is 2.52 bits per heavy atom. The molecule has 2 atom stereocenters. The summed E-state index contributed by atoms with van der Waals surface area (Å²) in [4.78, 5) is 22.6. The first-order valence-corrected chi connectivity index (χ1v) is 15.2. The molecular weight excluding hydrogens is 629 g/mol. The number of aliphatic hydroxyl groups excluding tert-OH is 1. The Morgan fingerprint density at radius 2 is 1.80 bits per heavy atom. The van der Waals surface area contributed by atoms with Crippen LogP contribution in [0.25, 0.3) is 10.4 Å². The van der Waals surface area contributed by atoms with Gasteiger partial charge in [-0.1, -0.05) is 76.8 Å². The summed E-state index contributed by atoms with van der Waals surface area (Å²) in [5, 5.41) is 16.7. The van der Waals surface area contributed by atoms with Crippen molar-refractivity contribution in [3.8, 4) is 11.5 Å². The van der Waals surface area contributed by atoms with Crippen LogP contribution in [-0.2, 0) is 22.5 Å². The standard InChI is InChI=1S/C34H31Cl2N5O5/c1-44-30-10-5-3-8-24(30)21-38-33(43)34(20-23-7-2-4-9-29(23)40-41-37)31(27-16-13-25(35)19-28(27)36)46-32(39-34)22-11-14-26(15-12-22)45-18-6-17-42/h2-5,7-16,19,31,42H,6,17-18,20-21H2,1H3,(H,38,43)/t31-,34-/m1/s1. The van der Waals surface area contributed by atoms with Crippen molar-refractivity contribution in [3.63, 3.8) is 0 Å². The third-order valence-corrected chi connectivity index (χ3v) is 8.07. The zero-order valence-corrected chi connectivity index (χ0v) is 26.4. The summed E-state index contributed by atoms with van der Waals surface area (Å²) >= 11 is 13.0. The first kappa shape index (κ1) is 32.7. The molecule has 10 nitrogen and oxygen atoms in total. The van der Waals surface area contributed by atoms with E-state index in [0.717, 1.165) is 5.56 Å². The van der Waals surface area contributed by atoms with E-state index in [1.54, 1.807) is 73.8 Å². The number of benzene rings is 4. The van der Waals surface area contributed by atoms with Crippen molar-refractivity contribution < 1.29 is 24.1 Å². The number of ether oxygens (including phenoxy) is 3. The predicted octanol–water partition coefficient (Wildman–Crippen LogP) is 7.52. The Morgan fingerprint density at radius 1 is 1.07 bits per heavy atom. The van der Waals surface area contributed by atoms with Gasteiger partial charge in [-0.15, -0.1) is 0 Å². The monoisotopic (exact) mass is 659 g/mol. The van der Waals surface area contributed by atoms with Gasteiger partial charge in [0.25, 0.3) is 5.91 Å². The average molecular weight is 661 g/mol. The van der Waals surface area contributed by atoms with Gasteiger partial charge in [0.1, 0.15) is 11.5 Å². The number of nitrogens with zero attached hydrogens (tertiary/aromatic N) is 4. The van der Waals surface area contributed by atoms with Crippen molar-refractivity contribution in [1.82, 2.24) is 5.32 Å². The number of azide groups is 1. The maximum atomic E-state index is 14.6. The molecule has 4 aromatic carbocycles. The molecule has 0 aliphatic carbocycles. The van der Waals surface area contributed by atoms with Crippen LogP contribution in [-0.4, -0.2) is 42.8 Å². The van der Waals surface area contributed by atoms with E-state index in [-0.39, 0.29) is 25.5 Å². The predicted molar refractivity (Wildman–Crippen MR) is 177 cm³/mol. The molecule has 0 saturated carbocycles. The highest BCUT2D eigenvalue weighted by molar-refractivity contribution is 6.35. The molecule has 236 valence electrons. The van der Waals surface area contributed by atoms with E-state index in [4.69, 9.17) is 47.5 Å². The zero-order chi connectivity index (χ0) is 32.5. The Kier molecular flexibility index (Phi) is 10.7.